The van der Waals surface area contributed by atoms with Crippen LogP contribution in [-0.2, 0) is 0 Å². The van der Waals surface area contributed by atoms with E-state index in [2.05, 4.69) is 12.2 Å². The first kappa shape index (κ1) is 15.3. The van der Waals surface area contributed by atoms with Gasteiger partial charge in [-0.15, -0.1) is 0 Å². The Kier molecular flexibility index (Phi) is 4.45. The third kappa shape index (κ3) is 3.51. The molecular formula is C15H19FN2O3. The number of hydrogen-bond acceptors (Lipinski definition) is 2. The molecule has 0 aliphatic carbocycles. The van der Waals surface area contributed by atoms with Gasteiger partial charge in [0.15, 0.2) is 0 Å². The minimum Gasteiger partial charge on any atom is -0.478 e. The number of anilines is 1. The summed E-state index contributed by atoms with van der Waals surface area (Å²) in [6.45, 7) is 4.64. The number of urea groups is 1. The fraction of sp³-hybridized carbons (Fsp3) is 0.467. The van der Waals surface area contributed by atoms with Crippen molar-refractivity contribution < 1.29 is 19.1 Å². The van der Waals surface area contributed by atoms with Gasteiger partial charge < -0.3 is 15.3 Å². The van der Waals surface area contributed by atoms with Crippen LogP contribution in [0, 0.1) is 11.7 Å². The lowest BCUT2D eigenvalue weighted by molar-refractivity contribution is 0.0698. The Hall–Kier alpha value is -2.11. The molecule has 1 fully saturated rings. The van der Waals surface area contributed by atoms with Crippen molar-refractivity contribution in [1.29, 1.82) is 0 Å². The number of aromatic carboxylic acids is 1. The van der Waals surface area contributed by atoms with Crippen LogP contribution in [0.2, 0.25) is 0 Å². The molecule has 0 bridgehead atoms. The maximum Gasteiger partial charge on any atom is 0.337 e. The average molecular weight is 294 g/mol. The first-order valence-electron chi connectivity index (χ1n) is 6.99. The molecule has 1 saturated heterocycles. The van der Waals surface area contributed by atoms with Gasteiger partial charge in [-0.2, -0.15) is 0 Å². The van der Waals surface area contributed by atoms with Crippen LogP contribution in [0.25, 0.3) is 0 Å². The molecule has 2 N–H and O–H groups in total. The number of carbonyl (C=O) groups is 2. The van der Waals surface area contributed by atoms with Crippen LogP contribution < -0.4 is 5.32 Å². The summed E-state index contributed by atoms with van der Waals surface area (Å²) in [6.07, 6.45) is 1.97. The Morgan fingerprint density at radius 1 is 1.33 bits per heavy atom. The summed E-state index contributed by atoms with van der Waals surface area (Å²) in [5.74, 6) is -1.39. The molecule has 2 rings (SSSR count). The molecule has 21 heavy (non-hydrogen) atoms. The minimum atomic E-state index is -1.20. The second-order valence-electron chi connectivity index (χ2n) is 5.61. The first-order chi connectivity index (χ1) is 9.88. The molecule has 6 heteroatoms. The Labute approximate surface area is 122 Å². The number of likely N-dealkylation sites (tertiary alicyclic amines) is 1. The third-order valence-corrected chi connectivity index (χ3v) is 3.83. The van der Waals surface area contributed by atoms with Crippen molar-refractivity contribution in [3.8, 4) is 0 Å². The lowest BCUT2D eigenvalue weighted by Gasteiger charge is -2.36. The molecule has 2 amide bonds. The van der Waals surface area contributed by atoms with E-state index in [0.29, 0.717) is 12.5 Å². The topological polar surface area (TPSA) is 69.6 Å². The van der Waals surface area contributed by atoms with E-state index >= 15 is 0 Å². The zero-order chi connectivity index (χ0) is 15.6. The Morgan fingerprint density at radius 2 is 2.05 bits per heavy atom. The van der Waals surface area contributed by atoms with Gasteiger partial charge in [0.05, 0.1) is 11.3 Å². The summed E-state index contributed by atoms with van der Waals surface area (Å²) in [5, 5.41) is 11.6. The van der Waals surface area contributed by atoms with Crippen molar-refractivity contribution in [2.75, 3.05) is 11.9 Å². The smallest absolute Gasteiger partial charge is 0.337 e. The van der Waals surface area contributed by atoms with E-state index in [0.717, 1.165) is 31.0 Å². The van der Waals surface area contributed by atoms with Crippen LogP contribution in [-0.4, -0.2) is 34.6 Å². The normalized spacial score (nSPS) is 22.0. The zero-order valence-corrected chi connectivity index (χ0v) is 12.1. The Balaban J connectivity index is 2.19. The van der Waals surface area contributed by atoms with Crippen molar-refractivity contribution in [3.05, 3.63) is 29.6 Å². The third-order valence-electron chi connectivity index (χ3n) is 3.83. The van der Waals surface area contributed by atoms with Crippen LogP contribution >= 0.6 is 0 Å². The highest BCUT2D eigenvalue weighted by atomic mass is 19.1. The molecule has 0 radical (unpaired) electrons. The van der Waals surface area contributed by atoms with Gasteiger partial charge >= 0.3 is 12.0 Å². The molecule has 1 heterocycles. The van der Waals surface area contributed by atoms with Gasteiger partial charge in [-0.05, 0) is 43.9 Å². The van der Waals surface area contributed by atoms with E-state index in [-0.39, 0.29) is 23.3 Å². The van der Waals surface area contributed by atoms with E-state index in [4.69, 9.17) is 5.11 Å². The van der Waals surface area contributed by atoms with Gasteiger partial charge in [0.2, 0.25) is 0 Å². The molecule has 114 valence electrons. The molecule has 1 aliphatic rings. The Morgan fingerprint density at radius 3 is 2.71 bits per heavy atom. The van der Waals surface area contributed by atoms with Crippen molar-refractivity contribution in [2.24, 2.45) is 5.92 Å². The number of piperidine rings is 1. The van der Waals surface area contributed by atoms with Gasteiger partial charge in [-0.3, -0.25) is 0 Å². The second kappa shape index (κ2) is 6.11. The fourth-order valence-corrected chi connectivity index (χ4v) is 2.57. The number of nitrogens with zero attached hydrogens (tertiary/aromatic N) is 1. The van der Waals surface area contributed by atoms with Gasteiger partial charge in [0.25, 0.3) is 0 Å². The number of amides is 2. The highest BCUT2D eigenvalue weighted by Gasteiger charge is 2.27. The zero-order valence-electron chi connectivity index (χ0n) is 12.1. The molecule has 0 saturated carbocycles. The highest BCUT2D eigenvalue weighted by Crippen LogP contribution is 2.23. The number of rotatable bonds is 2. The fourth-order valence-electron chi connectivity index (χ4n) is 2.57. The first-order valence-corrected chi connectivity index (χ1v) is 6.99. The van der Waals surface area contributed by atoms with Crippen LogP contribution in [0.5, 0.6) is 0 Å². The lowest BCUT2D eigenvalue weighted by atomic mass is 9.95. The summed E-state index contributed by atoms with van der Waals surface area (Å²) >= 11 is 0. The average Bonchev–Trinajstić information content (AvgIpc) is 2.41. The number of nitrogens with one attached hydrogen (secondary N) is 1. The van der Waals surface area contributed by atoms with E-state index in [1.54, 1.807) is 4.90 Å². The monoisotopic (exact) mass is 294 g/mol. The van der Waals surface area contributed by atoms with Crippen molar-refractivity contribution in [3.63, 3.8) is 0 Å². The lowest BCUT2D eigenvalue weighted by Crippen LogP contribution is -2.47. The Bertz CT molecular complexity index is 562. The molecule has 2 atom stereocenters. The van der Waals surface area contributed by atoms with Gasteiger partial charge in [0, 0.05) is 12.6 Å². The van der Waals surface area contributed by atoms with E-state index in [1.165, 1.54) is 0 Å². The largest absolute Gasteiger partial charge is 0.478 e. The van der Waals surface area contributed by atoms with Crippen molar-refractivity contribution >= 4 is 17.7 Å². The molecule has 1 aromatic rings. The van der Waals surface area contributed by atoms with Crippen LogP contribution in [0.15, 0.2) is 18.2 Å². The second-order valence-corrected chi connectivity index (χ2v) is 5.61. The van der Waals surface area contributed by atoms with Crippen LogP contribution in [0.4, 0.5) is 14.9 Å². The van der Waals surface area contributed by atoms with Crippen LogP contribution in [0.3, 0.4) is 0 Å². The van der Waals surface area contributed by atoms with E-state index in [9.17, 15) is 14.0 Å². The maximum atomic E-state index is 13.3. The van der Waals surface area contributed by atoms with Gasteiger partial charge in [0.1, 0.15) is 5.82 Å². The predicted octanol–water partition coefficient (Wildman–Crippen LogP) is 3.18. The van der Waals surface area contributed by atoms with Crippen LogP contribution in [0.1, 0.15) is 37.0 Å². The minimum absolute atomic E-state index is 0.0158. The van der Waals surface area contributed by atoms with Crippen molar-refractivity contribution in [2.45, 2.75) is 32.7 Å². The quantitative estimate of drug-likeness (QED) is 0.880. The van der Waals surface area contributed by atoms with Gasteiger partial charge in [-0.1, -0.05) is 6.92 Å². The maximum absolute atomic E-state index is 13.3. The number of hydrogen-bond donors (Lipinski definition) is 2. The molecule has 0 spiro atoms. The summed E-state index contributed by atoms with van der Waals surface area (Å²) in [4.78, 5) is 25.1. The number of carboxylic acids is 1. The highest BCUT2D eigenvalue weighted by molar-refractivity contribution is 6.00. The van der Waals surface area contributed by atoms with Crippen molar-refractivity contribution in [1.82, 2.24) is 4.90 Å². The summed E-state index contributed by atoms with van der Waals surface area (Å²) < 4.78 is 13.3. The molecule has 5 nitrogen and oxygen atoms in total. The van der Waals surface area contributed by atoms with E-state index < -0.39 is 11.8 Å². The molecular weight excluding hydrogens is 275 g/mol. The van der Waals surface area contributed by atoms with Gasteiger partial charge in [-0.25, -0.2) is 14.0 Å². The number of benzene rings is 1. The molecule has 2 unspecified atom stereocenters. The summed E-state index contributed by atoms with van der Waals surface area (Å²) in [6, 6.07) is 2.93. The standard InChI is InChI=1S/C15H19FN2O3/c1-9-3-4-10(2)18(8-9)15(21)17-13-7-11(16)5-6-12(13)14(19)20/h5-7,9-10H,3-4,8H2,1-2H3,(H,17,21)(H,19,20). The SMILES string of the molecule is CC1CCC(C)N(C(=O)Nc2cc(F)ccc2C(=O)O)C1. The molecule has 1 aromatic carbocycles. The molecule has 1 aliphatic heterocycles. The number of carbonyl (C=O) groups excluding carboxylic acids is 1. The number of halogens is 1. The summed E-state index contributed by atoms with van der Waals surface area (Å²) in [5.41, 5.74) is -0.139. The predicted molar refractivity (Wildman–Crippen MR) is 76.9 cm³/mol. The van der Waals surface area contributed by atoms with E-state index in [1.807, 2.05) is 6.92 Å². The number of carboxylic acid groups (broad SMARTS) is 1. The molecule has 0 aromatic heterocycles. The summed E-state index contributed by atoms with van der Waals surface area (Å²) in [7, 11) is 0.